The van der Waals surface area contributed by atoms with Gasteiger partial charge in [0.1, 0.15) is 0 Å². The maximum absolute atomic E-state index is 12.9. The summed E-state index contributed by atoms with van der Waals surface area (Å²) in [4.78, 5) is 0.467. The summed E-state index contributed by atoms with van der Waals surface area (Å²) in [7, 11) is -3.21. The van der Waals surface area contributed by atoms with Crippen molar-refractivity contribution < 1.29 is 13.5 Å². The molecule has 0 aliphatic heterocycles. The second kappa shape index (κ2) is 7.70. The van der Waals surface area contributed by atoms with E-state index < -0.39 is 15.4 Å². The minimum absolute atomic E-state index is 0.251. The van der Waals surface area contributed by atoms with Gasteiger partial charge in [0, 0.05) is 0 Å². The van der Waals surface area contributed by atoms with Gasteiger partial charge < -0.3 is 5.11 Å². The Morgan fingerprint density at radius 1 is 0.969 bits per heavy atom. The third-order valence-corrected chi connectivity index (χ3v) is 12.2. The van der Waals surface area contributed by atoms with Crippen molar-refractivity contribution in [2.45, 2.75) is 89.1 Å². The fraction of sp³-hybridized carbons (Fsp3) is 0.714. The smallest absolute Gasteiger partial charge is 0.178 e. The molecule has 0 amide bonds. The van der Waals surface area contributed by atoms with Crippen molar-refractivity contribution in [2.75, 3.05) is 5.75 Å². The lowest BCUT2D eigenvalue weighted by atomic mass is 9.46. The van der Waals surface area contributed by atoms with Crippen molar-refractivity contribution in [1.82, 2.24) is 0 Å². The minimum Gasteiger partial charge on any atom is -0.390 e. The van der Waals surface area contributed by atoms with E-state index in [9.17, 15) is 13.5 Å². The van der Waals surface area contributed by atoms with E-state index in [1.165, 1.54) is 31.3 Å². The molecule has 32 heavy (non-hydrogen) atoms. The zero-order valence-corrected chi connectivity index (χ0v) is 20.8. The molecule has 0 bridgehead atoms. The van der Waals surface area contributed by atoms with Gasteiger partial charge >= 0.3 is 0 Å². The van der Waals surface area contributed by atoms with E-state index in [0.717, 1.165) is 43.9 Å². The number of fused-ring (bicyclic) bond motifs is 5. The van der Waals surface area contributed by atoms with Gasteiger partial charge in [-0.1, -0.05) is 43.7 Å². The first-order valence-electron chi connectivity index (χ1n) is 12.7. The molecule has 0 saturated heterocycles. The van der Waals surface area contributed by atoms with E-state index in [2.05, 4.69) is 19.9 Å². The van der Waals surface area contributed by atoms with Crippen molar-refractivity contribution in [3.63, 3.8) is 0 Å². The van der Waals surface area contributed by atoms with E-state index in [1.54, 1.807) is 12.1 Å². The number of aliphatic hydroxyl groups is 1. The standard InChI is InChI=1S/C28H40O3S/c1-26(29)16-17-28(3)21(19-26)9-11-23-24-12-10-20(27(24,2)15-13-25(23)28)14-18-32(30,31)22-7-5-4-6-8-22/h4-9,20,23-25,29H,10-19H2,1-3H3/t20?,23?,24?,25?,26-,27?,28?/m0/s1. The second-order valence-corrected chi connectivity index (χ2v) is 14.3. The minimum atomic E-state index is -3.21. The van der Waals surface area contributed by atoms with Gasteiger partial charge in [0.2, 0.25) is 0 Å². The summed E-state index contributed by atoms with van der Waals surface area (Å²) in [5, 5.41) is 10.7. The summed E-state index contributed by atoms with van der Waals surface area (Å²) in [6, 6.07) is 8.97. The fourth-order valence-corrected chi connectivity index (χ4v) is 9.83. The second-order valence-electron chi connectivity index (χ2n) is 12.2. The lowest BCUT2D eigenvalue weighted by Crippen LogP contribution is -2.51. The first kappa shape index (κ1) is 22.7. The maximum Gasteiger partial charge on any atom is 0.178 e. The maximum atomic E-state index is 12.9. The lowest BCUT2D eigenvalue weighted by molar-refractivity contribution is -0.0654. The third kappa shape index (κ3) is 3.60. The summed E-state index contributed by atoms with van der Waals surface area (Å²) in [6.45, 7) is 6.96. The van der Waals surface area contributed by atoms with E-state index in [1.807, 2.05) is 25.1 Å². The molecule has 0 radical (unpaired) electrons. The lowest BCUT2D eigenvalue weighted by Gasteiger charge is -2.59. The highest BCUT2D eigenvalue weighted by molar-refractivity contribution is 7.91. The van der Waals surface area contributed by atoms with Gasteiger partial charge in [0.15, 0.2) is 9.84 Å². The number of hydrogen-bond acceptors (Lipinski definition) is 3. The summed E-state index contributed by atoms with van der Waals surface area (Å²) < 4.78 is 25.8. The molecule has 0 spiro atoms. The van der Waals surface area contributed by atoms with Crippen LogP contribution in [0.1, 0.15) is 78.6 Å². The van der Waals surface area contributed by atoms with Crippen molar-refractivity contribution >= 4 is 9.84 Å². The van der Waals surface area contributed by atoms with Gasteiger partial charge in [-0.15, -0.1) is 0 Å². The van der Waals surface area contributed by atoms with E-state index in [-0.39, 0.29) is 16.6 Å². The van der Waals surface area contributed by atoms with Crippen LogP contribution in [0.25, 0.3) is 0 Å². The Morgan fingerprint density at radius 3 is 2.47 bits per heavy atom. The first-order valence-corrected chi connectivity index (χ1v) is 14.4. The summed E-state index contributed by atoms with van der Waals surface area (Å²) in [6.07, 6.45) is 12.2. The molecule has 3 fully saturated rings. The summed E-state index contributed by atoms with van der Waals surface area (Å²) in [5.74, 6) is 2.94. The number of hydrogen-bond donors (Lipinski definition) is 1. The number of allylic oxidation sites excluding steroid dienone is 1. The third-order valence-electron chi connectivity index (χ3n) is 10.4. The van der Waals surface area contributed by atoms with Crippen LogP contribution < -0.4 is 0 Å². The zero-order chi connectivity index (χ0) is 22.8. The van der Waals surface area contributed by atoms with Crippen LogP contribution >= 0.6 is 0 Å². The topological polar surface area (TPSA) is 54.4 Å². The summed E-state index contributed by atoms with van der Waals surface area (Å²) in [5.41, 5.74) is 1.50. The molecule has 4 aliphatic rings. The number of benzene rings is 1. The van der Waals surface area contributed by atoms with Gasteiger partial charge in [-0.25, -0.2) is 8.42 Å². The predicted octanol–water partition coefficient (Wildman–Crippen LogP) is 6.18. The van der Waals surface area contributed by atoms with Gasteiger partial charge in [-0.3, -0.25) is 0 Å². The Bertz CT molecular complexity index is 995. The molecular formula is C28H40O3S. The summed E-state index contributed by atoms with van der Waals surface area (Å²) >= 11 is 0. The first-order chi connectivity index (χ1) is 15.1. The monoisotopic (exact) mass is 456 g/mol. The van der Waals surface area contributed by atoms with Crippen LogP contribution in [0.3, 0.4) is 0 Å². The molecule has 176 valence electrons. The highest BCUT2D eigenvalue weighted by atomic mass is 32.2. The van der Waals surface area contributed by atoms with Gasteiger partial charge in [-0.05, 0) is 111 Å². The van der Waals surface area contributed by atoms with Gasteiger partial charge in [-0.2, -0.15) is 0 Å². The van der Waals surface area contributed by atoms with Crippen LogP contribution in [0.4, 0.5) is 0 Å². The average Bonchev–Trinajstić information content (AvgIpc) is 3.10. The van der Waals surface area contributed by atoms with E-state index >= 15 is 0 Å². The van der Waals surface area contributed by atoms with Crippen LogP contribution in [-0.2, 0) is 9.84 Å². The van der Waals surface area contributed by atoms with E-state index in [0.29, 0.717) is 16.7 Å². The Balaban J connectivity index is 1.33. The average molecular weight is 457 g/mol. The SMILES string of the molecule is CC12CC[C@](C)(O)CC1=CCC1C2CCC2(C)C(CCS(=O)(=O)c3ccccc3)CCC12. The molecule has 6 unspecified atom stereocenters. The highest BCUT2D eigenvalue weighted by Gasteiger charge is 2.59. The molecule has 5 rings (SSSR count). The normalized spacial score (nSPS) is 43.7. The molecule has 4 heteroatoms. The Kier molecular flexibility index (Phi) is 5.45. The van der Waals surface area contributed by atoms with Crippen LogP contribution in [0.2, 0.25) is 0 Å². The zero-order valence-electron chi connectivity index (χ0n) is 20.0. The van der Waals surface area contributed by atoms with Crippen molar-refractivity contribution in [3.8, 4) is 0 Å². The van der Waals surface area contributed by atoms with Crippen LogP contribution in [0, 0.1) is 34.5 Å². The van der Waals surface area contributed by atoms with Crippen LogP contribution in [0.5, 0.6) is 0 Å². The number of sulfone groups is 1. The quantitative estimate of drug-likeness (QED) is 0.550. The van der Waals surface area contributed by atoms with Crippen molar-refractivity contribution in [2.24, 2.45) is 34.5 Å². The molecule has 3 nitrogen and oxygen atoms in total. The highest BCUT2D eigenvalue weighted by Crippen LogP contribution is 2.67. The van der Waals surface area contributed by atoms with Crippen molar-refractivity contribution in [3.05, 3.63) is 42.0 Å². The Labute approximate surface area is 194 Å². The van der Waals surface area contributed by atoms with Gasteiger partial charge in [0.05, 0.1) is 16.2 Å². The molecule has 4 aliphatic carbocycles. The predicted molar refractivity (Wildman–Crippen MR) is 129 cm³/mol. The molecule has 1 aromatic rings. The molecule has 1 N–H and O–H groups in total. The Hall–Kier alpha value is -1.13. The van der Waals surface area contributed by atoms with Crippen LogP contribution in [0.15, 0.2) is 46.9 Å². The van der Waals surface area contributed by atoms with Crippen LogP contribution in [-0.4, -0.2) is 24.9 Å². The largest absolute Gasteiger partial charge is 0.390 e. The molecule has 0 aromatic heterocycles. The Morgan fingerprint density at radius 2 is 1.72 bits per heavy atom. The molecule has 7 atom stereocenters. The van der Waals surface area contributed by atoms with E-state index in [4.69, 9.17) is 0 Å². The molecule has 3 saturated carbocycles. The molecule has 1 aromatic carbocycles. The van der Waals surface area contributed by atoms with Crippen molar-refractivity contribution in [1.29, 1.82) is 0 Å². The molecule has 0 heterocycles. The fourth-order valence-electron chi connectivity index (χ4n) is 8.43. The van der Waals surface area contributed by atoms with Gasteiger partial charge in [0.25, 0.3) is 0 Å². The number of rotatable bonds is 4. The molecular weight excluding hydrogens is 416 g/mol.